The molecule has 0 aromatic carbocycles. The van der Waals surface area contributed by atoms with Gasteiger partial charge in [0.05, 0.1) is 4.47 Å². The molecule has 5 rings (SSSR count). The van der Waals surface area contributed by atoms with Gasteiger partial charge in [0.1, 0.15) is 0 Å². The van der Waals surface area contributed by atoms with Crippen LogP contribution in [0.5, 0.6) is 0 Å². The predicted octanol–water partition coefficient (Wildman–Crippen LogP) is 3.71. The molecule has 1 aromatic heterocycles. The number of hydrogen-bond donors (Lipinski definition) is 0. The number of amides is 1. The molecule has 0 unspecified atom stereocenters. The molecule has 1 heterocycles. The summed E-state index contributed by atoms with van der Waals surface area (Å²) in [6.07, 6.45) is 9.70. The van der Waals surface area contributed by atoms with Gasteiger partial charge in [-0.15, -0.1) is 0 Å². The van der Waals surface area contributed by atoms with Crippen molar-refractivity contribution in [2.75, 3.05) is 7.05 Å². The summed E-state index contributed by atoms with van der Waals surface area (Å²) in [5.41, 5.74) is 0.668. The van der Waals surface area contributed by atoms with E-state index in [1.165, 1.54) is 38.5 Å². The Balaban J connectivity index is 1.62. The molecular formula is C17H24BrN3O. The van der Waals surface area contributed by atoms with E-state index >= 15 is 0 Å². The number of hydrogen-bond acceptors (Lipinski definition) is 2. The van der Waals surface area contributed by atoms with Crippen LogP contribution in [0.25, 0.3) is 0 Å². The lowest BCUT2D eigenvalue weighted by Gasteiger charge is -2.59. The maximum atomic E-state index is 13.0. The Morgan fingerprint density at radius 1 is 1.32 bits per heavy atom. The van der Waals surface area contributed by atoms with Crippen molar-refractivity contribution in [2.45, 2.75) is 57.5 Å². The first-order valence-electron chi connectivity index (χ1n) is 8.52. The predicted molar refractivity (Wildman–Crippen MR) is 88.6 cm³/mol. The SMILES string of the molecule is CCn1cc(Br)c(C(=O)N(C)C23CC4CC(CC(C4)C2)C3)n1. The molecule has 4 nitrogen and oxygen atoms in total. The third-order valence-electron chi connectivity index (χ3n) is 6.27. The van der Waals surface area contributed by atoms with Gasteiger partial charge in [0.2, 0.25) is 0 Å². The first-order valence-corrected chi connectivity index (χ1v) is 9.31. The minimum Gasteiger partial charge on any atom is -0.335 e. The van der Waals surface area contributed by atoms with Crippen LogP contribution in [-0.4, -0.2) is 33.2 Å². The summed E-state index contributed by atoms with van der Waals surface area (Å²) in [4.78, 5) is 15.1. The van der Waals surface area contributed by atoms with Crippen molar-refractivity contribution in [1.82, 2.24) is 14.7 Å². The molecule has 0 saturated heterocycles. The second-order valence-corrected chi connectivity index (χ2v) is 8.54. The minimum atomic E-state index is 0.0843. The first-order chi connectivity index (χ1) is 10.5. The highest BCUT2D eigenvalue weighted by Crippen LogP contribution is 2.57. The van der Waals surface area contributed by atoms with E-state index in [4.69, 9.17) is 0 Å². The molecule has 5 heteroatoms. The molecule has 1 amide bonds. The third kappa shape index (κ3) is 2.15. The van der Waals surface area contributed by atoms with Crippen molar-refractivity contribution in [3.05, 3.63) is 16.4 Å². The highest BCUT2D eigenvalue weighted by molar-refractivity contribution is 9.10. The van der Waals surface area contributed by atoms with Gasteiger partial charge >= 0.3 is 0 Å². The van der Waals surface area contributed by atoms with E-state index < -0.39 is 0 Å². The third-order valence-corrected chi connectivity index (χ3v) is 6.85. The van der Waals surface area contributed by atoms with Crippen LogP contribution < -0.4 is 0 Å². The summed E-state index contributed by atoms with van der Waals surface area (Å²) < 4.78 is 2.64. The summed E-state index contributed by atoms with van der Waals surface area (Å²) in [5.74, 6) is 2.62. The van der Waals surface area contributed by atoms with Gasteiger partial charge in [-0.05, 0) is 79.1 Å². The molecule has 0 spiro atoms. The molecule has 4 aliphatic rings. The van der Waals surface area contributed by atoms with Gasteiger partial charge in [-0.25, -0.2) is 0 Å². The quantitative estimate of drug-likeness (QED) is 0.818. The smallest absolute Gasteiger partial charge is 0.275 e. The van der Waals surface area contributed by atoms with Crippen LogP contribution in [0.4, 0.5) is 0 Å². The summed E-state index contributed by atoms with van der Waals surface area (Å²) in [7, 11) is 2.01. The van der Waals surface area contributed by atoms with Gasteiger partial charge in [0.15, 0.2) is 5.69 Å². The van der Waals surface area contributed by atoms with Gasteiger partial charge in [-0.3, -0.25) is 9.48 Å². The van der Waals surface area contributed by atoms with E-state index in [1.807, 2.05) is 29.7 Å². The van der Waals surface area contributed by atoms with Gasteiger partial charge in [0, 0.05) is 25.3 Å². The standard InChI is InChI=1S/C17H24BrN3O/c1-3-21-10-14(18)15(19-21)16(22)20(2)17-7-11-4-12(8-17)6-13(5-11)9-17/h10-13H,3-9H2,1-2H3. The highest BCUT2D eigenvalue weighted by Gasteiger charge is 2.54. The van der Waals surface area contributed by atoms with Crippen LogP contribution in [0.1, 0.15) is 55.9 Å². The highest BCUT2D eigenvalue weighted by atomic mass is 79.9. The van der Waals surface area contributed by atoms with Crippen molar-refractivity contribution in [1.29, 1.82) is 0 Å². The second kappa shape index (κ2) is 5.08. The zero-order chi connectivity index (χ0) is 15.5. The molecule has 4 aliphatic carbocycles. The monoisotopic (exact) mass is 365 g/mol. The van der Waals surface area contributed by atoms with Crippen LogP contribution >= 0.6 is 15.9 Å². The van der Waals surface area contributed by atoms with Gasteiger partial charge in [-0.2, -0.15) is 5.10 Å². The molecule has 120 valence electrons. The zero-order valence-corrected chi connectivity index (χ0v) is 15.0. The Labute approximate surface area is 140 Å². The number of aryl methyl sites for hydroxylation is 1. The molecule has 4 saturated carbocycles. The number of aromatic nitrogens is 2. The zero-order valence-electron chi connectivity index (χ0n) is 13.4. The summed E-state index contributed by atoms with van der Waals surface area (Å²) in [6, 6.07) is 0. The molecule has 4 fully saturated rings. The molecule has 4 bridgehead atoms. The maximum Gasteiger partial charge on any atom is 0.275 e. The van der Waals surface area contributed by atoms with Crippen LogP contribution in [0.3, 0.4) is 0 Å². The van der Waals surface area contributed by atoms with E-state index in [-0.39, 0.29) is 11.4 Å². The Morgan fingerprint density at radius 3 is 2.32 bits per heavy atom. The minimum absolute atomic E-state index is 0.0843. The molecule has 0 radical (unpaired) electrons. The van der Waals surface area contributed by atoms with E-state index in [1.54, 1.807) is 0 Å². The van der Waals surface area contributed by atoms with Crippen LogP contribution in [0, 0.1) is 17.8 Å². The summed E-state index contributed by atoms with van der Waals surface area (Å²) in [6.45, 7) is 2.82. The molecule has 22 heavy (non-hydrogen) atoms. The van der Waals surface area contributed by atoms with Crippen LogP contribution in [0.15, 0.2) is 10.7 Å². The molecule has 0 atom stereocenters. The largest absolute Gasteiger partial charge is 0.335 e. The maximum absolute atomic E-state index is 13.0. The average molecular weight is 366 g/mol. The molecule has 1 aromatic rings. The van der Waals surface area contributed by atoms with Crippen LogP contribution in [0.2, 0.25) is 0 Å². The van der Waals surface area contributed by atoms with Crippen molar-refractivity contribution in [3.63, 3.8) is 0 Å². The first kappa shape index (κ1) is 14.7. The normalized spacial score (nSPS) is 35.9. The van der Waals surface area contributed by atoms with E-state index in [9.17, 15) is 4.79 Å². The van der Waals surface area contributed by atoms with E-state index in [0.29, 0.717) is 5.69 Å². The van der Waals surface area contributed by atoms with E-state index in [2.05, 4.69) is 21.0 Å². The lowest BCUT2D eigenvalue weighted by atomic mass is 9.52. The average Bonchev–Trinajstić information content (AvgIpc) is 2.85. The Kier molecular flexibility index (Phi) is 3.40. The van der Waals surface area contributed by atoms with Gasteiger partial charge in [-0.1, -0.05) is 0 Å². The topological polar surface area (TPSA) is 38.1 Å². The van der Waals surface area contributed by atoms with E-state index in [0.717, 1.165) is 28.8 Å². The number of halogens is 1. The Morgan fingerprint density at radius 2 is 1.86 bits per heavy atom. The van der Waals surface area contributed by atoms with Crippen molar-refractivity contribution >= 4 is 21.8 Å². The van der Waals surface area contributed by atoms with Crippen molar-refractivity contribution in [2.24, 2.45) is 17.8 Å². The second-order valence-electron chi connectivity index (χ2n) is 7.69. The fourth-order valence-corrected chi connectivity index (χ4v) is 6.04. The van der Waals surface area contributed by atoms with Crippen LogP contribution in [-0.2, 0) is 6.54 Å². The molecule has 0 N–H and O–H groups in total. The summed E-state index contributed by atoms with van der Waals surface area (Å²) >= 11 is 3.51. The van der Waals surface area contributed by atoms with Crippen molar-refractivity contribution in [3.8, 4) is 0 Å². The lowest BCUT2D eigenvalue weighted by molar-refractivity contribution is -0.0667. The number of carbonyl (C=O) groups is 1. The van der Waals surface area contributed by atoms with Gasteiger partial charge in [0.25, 0.3) is 5.91 Å². The van der Waals surface area contributed by atoms with Gasteiger partial charge < -0.3 is 4.90 Å². The molecular weight excluding hydrogens is 342 g/mol. The number of nitrogens with zero attached hydrogens (tertiary/aromatic N) is 3. The van der Waals surface area contributed by atoms with Crippen molar-refractivity contribution < 1.29 is 4.79 Å². The fourth-order valence-electron chi connectivity index (χ4n) is 5.55. The Bertz CT molecular complexity index is 574. The Hall–Kier alpha value is -0.840. The number of carbonyl (C=O) groups excluding carboxylic acids is 1. The fraction of sp³-hybridized carbons (Fsp3) is 0.765. The lowest BCUT2D eigenvalue weighted by Crippen LogP contribution is -2.60. The number of rotatable bonds is 3. The summed E-state index contributed by atoms with van der Waals surface area (Å²) in [5, 5.41) is 4.46. The molecule has 0 aliphatic heterocycles.